The molecule has 0 spiro atoms. The third-order valence-electron chi connectivity index (χ3n) is 5.09. The van der Waals surface area contributed by atoms with Crippen molar-refractivity contribution in [3.8, 4) is 0 Å². The quantitative estimate of drug-likeness (QED) is 0.789. The van der Waals surface area contributed by atoms with Gasteiger partial charge in [-0.3, -0.25) is 14.5 Å². The van der Waals surface area contributed by atoms with Crippen LogP contribution < -0.4 is 11.1 Å². The molecule has 0 aromatic carbocycles. The van der Waals surface area contributed by atoms with Crippen LogP contribution in [0.2, 0.25) is 0 Å². The first-order valence-corrected chi connectivity index (χ1v) is 8.90. The Kier molecular flexibility index (Phi) is 5.23. The number of nitrogens with one attached hydrogen (secondary N) is 1. The lowest BCUT2D eigenvalue weighted by Gasteiger charge is -2.31. The zero-order valence-corrected chi connectivity index (χ0v) is 14.3. The zero-order valence-electron chi connectivity index (χ0n) is 14.3. The number of carbonyl (C=O) groups is 2. The van der Waals surface area contributed by atoms with E-state index in [-0.39, 0.29) is 17.9 Å². The zero-order chi connectivity index (χ0) is 17.1. The lowest BCUT2D eigenvalue weighted by atomic mass is 10.0. The Bertz CT molecular complexity index is 590. The molecule has 24 heavy (non-hydrogen) atoms. The monoisotopic (exact) mass is 333 g/mol. The number of likely N-dealkylation sites (tertiary alicyclic amines) is 1. The van der Waals surface area contributed by atoms with Crippen LogP contribution in [0.1, 0.15) is 50.0 Å². The molecule has 2 aliphatic rings. The molecule has 3 rings (SSSR count). The van der Waals surface area contributed by atoms with Gasteiger partial charge >= 0.3 is 0 Å². The first-order valence-electron chi connectivity index (χ1n) is 8.90. The molecule has 6 nitrogen and oxygen atoms in total. The van der Waals surface area contributed by atoms with Gasteiger partial charge < -0.3 is 15.5 Å². The molecular weight excluding hydrogens is 306 g/mol. The summed E-state index contributed by atoms with van der Waals surface area (Å²) in [6, 6.07) is 4.24. The van der Waals surface area contributed by atoms with Crippen molar-refractivity contribution < 1.29 is 14.0 Å². The molecule has 6 heteroatoms. The van der Waals surface area contributed by atoms with Crippen LogP contribution in [0.15, 0.2) is 16.5 Å². The van der Waals surface area contributed by atoms with E-state index in [4.69, 9.17) is 10.2 Å². The predicted molar refractivity (Wildman–Crippen MR) is 90.4 cm³/mol. The minimum absolute atomic E-state index is 0.0705. The average molecular weight is 333 g/mol. The van der Waals surface area contributed by atoms with Crippen molar-refractivity contribution in [1.82, 2.24) is 10.2 Å². The number of hydrogen-bond acceptors (Lipinski definition) is 4. The number of furan rings is 1. The number of primary amides is 1. The van der Waals surface area contributed by atoms with Crippen molar-refractivity contribution in [2.24, 2.45) is 11.7 Å². The van der Waals surface area contributed by atoms with Crippen molar-refractivity contribution >= 4 is 11.8 Å². The molecule has 1 aliphatic carbocycles. The standard InChI is InChI=1S/C18H27N3O3/c1-12-10-15(12)16-4-2-14(24-16)3-5-18(23)20-13-6-8-21(9-7-13)11-17(19)22/h2,4,12-13,15H,3,5-11H2,1H3,(H2,19,22)(H,20,23)/t12-,15-/m1/s1. The summed E-state index contributed by atoms with van der Waals surface area (Å²) in [6.07, 6.45) is 4.04. The third kappa shape index (κ3) is 4.60. The first kappa shape index (κ1) is 17.0. The molecule has 1 aromatic heterocycles. The van der Waals surface area contributed by atoms with E-state index in [1.807, 2.05) is 11.0 Å². The van der Waals surface area contributed by atoms with Gasteiger partial charge in [-0.2, -0.15) is 0 Å². The van der Waals surface area contributed by atoms with Gasteiger partial charge in [0.15, 0.2) is 0 Å². The SMILES string of the molecule is C[C@@H]1C[C@H]1c1ccc(CCC(=O)NC2CCN(CC(N)=O)CC2)o1. The molecule has 2 fully saturated rings. The van der Waals surface area contributed by atoms with Crippen molar-refractivity contribution in [3.05, 3.63) is 23.7 Å². The summed E-state index contributed by atoms with van der Waals surface area (Å²) < 4.78 is 5.84. The molecule has 1 saturated carbocycles. The first-order chi connectivity index (χ1) is 11.5. The van der Waals surface area contributed by atoms with E-state index in [0.29, 0.717) is 25.3 Å². The van der Waals surface area contributed by atoms with Gasteiger partial charge in [-0.15, -0.1) is 0 Å². The number of aryl methyl sites for hydroxylation is 1. The van der Waals surface area contributed by atoms with Gasteiger partial charge in [0.2, 0.25) is 11.8 Å². The number of hydrogen-bond donors (Lipinski definition) is 2. The highest BCUT2D eigenvalue weighted by molar-refractivity contribution is 5.76. The van der Waals surface area contributed by atoms with Gasteiger partial charge in [-0.1, -0.05) is 6.92 Å². The van der Waals surface area contributed by atoms with Crippen LogP contribution in [0.5, 0.6) is 0 Å². The Morgan fingerprint density at radius 2 is 2.04 bits per heavy atom. The number of nitrogens with two attached hydrogens (primary N) is 1. The molecule has 0 unspecified atom stereocenters. The summed E-state index contributed by atoms with van der Waals surface area (Å²) in [6.45, 7) is 4.14. The maximum absolute atomic E-state index is 12.1. The van der Waals surface area contributed by atoms with Crippen molar-refractivity contribution in [2.45, 2.75) is 51.0 Å². The van der Waals surface area contributed by atoms with E-state index in [2.05, 4.69) is 18.3 Å². The summed E-state index contributed by atoms with van der Waals surface area (Å²) in [5.41, 5.74) is 5.21. The summed E-state index contributed by atoms with van der Waals surface area (Å²) >= 11 is 0. The van der Waals surface area contributed by atoms with Gasteiger partial charge in [0.05, 0.1) is 6.54 Å². The average Bonchev–Trinajstić information content (AvgIpc) is 3.08. The van der Waals surface area contributed by atoms with Crippen LogP contribution in [0.4, 0.5) is 0 Å². The molecule has 2 amide bonds. The summed E-state index contributed by atoms with van der Waals surface area (Å²) in [7, 11) is 0. The Labute approximate surface area is 142 Å². The second kappa shape index (κ2) is 7.38. The van der Waals surface area contributed by atoms with E-state index in [1.54, 1.807) is 0 Å². The fourth-order valence-corrected chi connectivity index (χ4v) is 3.44. The lowest BCUT2D eigenvalue weighted by molar-refractivity contribution is -0.123. The van der Waals surface area contributed by atoms with Crippen molar-refractivity contribution in [1.29, 1.82) is 0 Å². The number of amides is 2. The van der Waals surface area contributed by atoms with E-state index in [0.717, 1.165) is 43.4 Å². The number of rotatable bonds is 7. The Hall–Kier alpha value is -1.82. The Balaban J connectivity index is 1.36. The molecule has 3 N–H and O–H groups in total. The lowest BCUT2D eigenvalue weighted by Crippen LogP contribution is -2.46. The van der Waals surface area contributed by atoms with Gasteiger partial charge in [0, 0.05) is 37.9 Å². The van der Waals surface area contributed by atoms with Crippen LogP contribution in [0, 0.1) is 5.92 Å². The van der Waals surface area contributed by atoms with Crippen molar-refractivity contribution in [2.75, 3.05) is 19.6 Å². The minimum Gasteiger partial charge on any atom is -0.466 e. The summed E-state index contributed by atoms with van der Waals surface area (Å²) in [5.74, 6) is 3.05. The second-order valence-electron chi connectivity index (χ2n) is 7.21. The number of nitrogens with zero attached hydrogens (tertiary/aromatic N) is 1. The fourth-order valence-electron chi connectivity index (χ4n) is 3.44. The fraction of sp³-hybridized carbons (Fsp3) is 0.667. The van der Waals surface area contributed by atoms with Gasteiger partial charge in [-0.05, 0) is 37.3 Å². The van der Waals surface area contributed by atoms with Crippen LogP contribution in [0.3, 0.4) is 0 Å². The molecule has 132 valence electrons. The molecule has 1 aliphatic heterocycles. The van der Waals surface area contributed by atoms with Gasteiger partial charge in [0.25, 0.3) is 0 Å². The maximum Gasteiger partial charge on any atom is 0.231 e. The van der Waals surface area contributed by atoms with E-state index < -0.39 is 0 Å². The molecule has 2 heterocycles. The van der Waals surface area contributed by atoms with Crippen LogP contribution in [0.25, 0.3) is 0 Å². The maximum atomic E-state index is 12.1. The normalized spacial score (nSPS) is 24.7. The van der Waals surface area contributed by atoms with Crippen molar-refractivity contribution in [3.63, 3.8) is 0 Å². The molecule has 0 bridgehead atoms. The van der Waals surface area contributed by atoms with Crippen LogP contribution >= 0.6 is 0 Å². The smallest absolute Gasteiger partial charge is 0.231 e. The van der Waals surface area contributed by atoms with Crippen LogP contribution in [-0.4, -0.2) is 42.4 Å². The van der Waals surface area contributed by atoms with E-state index in [1.165, 1.54) is 6.42 Å². The Morgan fingerprint density at radius 3 is 2.67 bits per heavy atom. The second-order valence-corrected chi connectivity index (χ2v) is 7.21. The molecule has 2 atom stereocenters. The molecule has 1 aromatic rings. The predicted octanol–water partition coefficient (Wildman–Crippen LogP) is 1.40. The van der Waals surface area contributed by atoms with Crippen LogP contribution in [-0.2, 0) is 16.0 Å². The van der Waals surface area contributed by atoms with Gasteiger partial charge in [-0.25, -0.2) is 0 Å². The highest BCUT2D eigenvalue weighted by Crippen LogP contribution is 2.47. The molecule has 1 saturated heterocycles. The van der Waals surface area contributed by atoms with Gasteiger partial charge in [0.1, 0.15) is 11.5 Å². The topological polar surface area (TPSA) is 88.6 Å². The Morgan fingerprint density at radius 1 is 1.33 bits per heavy atom. The number of carbonyl (C=O) groups excluding carboxylic acids is 2. The molecule has 0 radical (unpaired) electrons. The largest absolute Gasteiger partial charge is 0.466 e. The van der Waals surface area contributed by atoms with E-state index >= 15 is 0 Å². The summed E-state index contributed by atoms with van der Waals surface area (Å²) in [5, 5.41) is 3.09. The van der Waals surface area contributed by atoms with E-state index in [9.17, 15) is 9.59 Å². The summed E-state index contributed by atoms with van der Waals surface area (Å²) in [4.78, 5) is 25.1. The highest BCUT2D eigenvalue weighted by Gasteiger charge is 2.36. The highest BCUT2D eigenvalue weighted by atomic mass is 16.3. The number of piperidine rings is 1. The third-order valence-corrected chi connectivity index (χ3v) is 5.09. The molecular formula is C18H27N3O3. The minimum atomic E-state index is -0.295.